The topological polar surface area (TPSA) is 62.6 Å². The van der Waals surface area contributed by atoms with Crippen LogP contribution in [0.1, 0.15) is 60.5 Å². The molecule has 1 spiro atoms. The van der Waals surface area contributed by atoms with Gasteiger partial charge in [-0.3, -0.25) is 14.4 Å². The maximum Gasteiger partial charge on any atom is 0.229 e. The predicted molar refractivity (Wildman–Crippen MR) is 132 cm³/mol. The molecular formula is C27H39N5O2. The molecule has 1 saturated heterocycles. The van der Waals surface area contributed by atoms with Crippen molar-refractivity contribution in [3.63, 3.8) is 0 Å². The van der Waals surface area contributed by atoms with Crippen molar-refractivity contribution >= 4 is 5.91 Å². The summed E-state index contributed by atoms with van der Waals surface area (Å²) in [5, 5.41) is 8.28. The second kappa shape index (κ2) is 10.2. The van der Waals surface area contributed by atoms with E-state index < -0.39 is 0 Å². The van der Waals surface area contributed by atoms with Crippen LogP contribution in [0.3, 0.4) is 0 Å². The van der Waals surface area contributed by atoms with Crippen molar-refractivity contribution in [3.8, 4) is 0 Å². The van der Waals surface area contributed by atoms with Gasteiger partial charge in [0.05, 0.1) is 36.6 Å². The fourth-order valence-corrected chi connectivity index (χ4v) is 6.22. The van der Waals surface area contributed by atoms with Crippen molar-refractivity contribution in [2.24, 2.45) is 5.41 Å². The molecular weight excluding hydrogens is 426 g/mol. The van der Waals surface area contributed by atoms with Crippen LogP contribution in [-0.4, -0.2) is 65.8 Å². The smallest absolute Gasteiger partial charge is 0.229 e. The van der Waals surface area contributed by atoms with Gasteiger partial charge in [0.25, 0.3) is 0 Å². The van der Waals surface area contributed by atoms with Gasteiger partial charge < -0.3 is 15.0 Å². The molecule has 2 aliphatic heterocycles. The lowest BCUT2D eigenvalue weighted by Gasteiger charge is -2.36. The first-order valence-corrected chi connectivity index (χ1v) is 12.9. The summed E-state index contributed by atoms with van der Waals surface area (Å²) in [6.45, 7) is 6.69. The lowest BCUT2D eigenvalue weighted by Crippen LogP contribution is -2.37. The Bertz CT molecular complexity index is 980. The molecule has 7 nitrogen and oxygen atoms in total. The Kier molecular flexibility index (Phi) is 7.04. The summed E-state index contributed by atoms with van der Waals surface area (Å²) in [6.07, 6.45) is 5.11. The summed E-state index contributed by atoms with van der Waals surface area (Å²) in [5.41, 5.74) is 4.97. The van der Waals surface area contributed by atoms with E-state index in [0.717, 1.165) is 78.0 Å². The van der Waals surface area contributed by atoms with Gasteiger partial charge in [0.2, 0.25) is 5.91 Å². The third-order valence-electron chi connectivity index (χ3n) is 8.19. The average Bonchev–Trinajstić information content (AvgIpc) is 3.37. The highest BCUT2D eigenvalue weighted by molar-refractivity contribution is 5.85. The number of likely N-dealkylation sites (tertiary alicyclic amines) is 1. The molecule has 3 aliphatic rings. The van der Waals surface area contributed by atoms with E-state index in [2.05, 4.69) is 51.1 Å². The first-order chi connectivity index (χ1) is 16.6. The zero-order chi connectivity index (χ0) is 23.5. The number of hydrogen-bond acceptors (Lipinski definition) is 5. The Hall–Kier alpha value is -2.22. The third kappa shape index (κ3) is 4.66. The van der Waals surface area contributed by atoms with Crippen LogP contribution in [0.25, 0.3) is 0 Å². The number of nitrogens with one attached hydrogen (secondary N) is 1. The third-order valence-corrected chi connectivity index (χ3v) is 8.19. The van der Waals surface area contributed by atoms with Crippen LogP contribution in [-0.2, 0) is 35.8 Å². The number of hydrogen-bond donors (Lipinski definition) is 1. The van der Waals surface area contributed by atoms with E-state index in [1.165, 1.54) is 22.5 Å². The zero-order valence-corrected chi connectivity index (χ0v) is 20.8. The quantitative estimate of drug-likeness (QED) is 0.649. The number of benzene rings is 1. The number of rotatable bonds is 8. The highest BCUT2D eigenvalue weighted by atomic mass is 16.5. The number of likely N-dealkylation sites (N-methyl/N-ethyl adjacent to an activating group) is 2. The Balaban J connectivity index is 1.29. The number of nitrogens with zero attached hydrogens (tertiary/aromatic N) is 4. The van der Waals surface area contributed by atoms with Crippen LogP contribution in [0.5, 0.6) is 0 Å². The van der Waals surface area contributed by atoms with Gasteiger partial charge in [-0.15, -0.1) is 0 Å². The van der Waals surface area contributed by atoms with Gasteiger partial charge in [-0.1, -0.05) is 30.3 Å². The zero-order valence-electron chi connectivity index (χ0n) is 20.8. The second-order valence-electron chi connectivity index (χ2n) is 10.4. The van der Waals surface area contributed by atoms with E-state index in [-0.39, 0.29) is 5.41 Å². The standard InChI is InChI=1S/C27H39N5O2/c1-28-13-15-30(2)19-23-25(24-20-34-17-16-32(24)29-23)22-8-10-27(11-9-22)12-14-31(26(27)33)18-21-6-4-3-5-7-21/h3-7,22,28H,8-20H2,1-2H3. The molecule has 34 heavy (non-hydrogen) atoms. The molecule has 2 aromatic rings. The first-order valence-electron chi connectivity index (χ1n) is 12.9. The molecule has 0 bridgehead atoms. The maximum atomic E-state index is 13.5. The Labute approximate surface area is 203 Å². The van der Waals surface area contributed by atoms with E-state index in [1.807, 2.05) is 13.1 Å². The van der Waals surface area contributed by atoms with Crippen molar-refractivity contribution in [2.45, 2.75) is 64.3 Å². The Morgan fingerprint density at radius 2 is 1.97 bits per heavy atom. The molecule has 0 radical (unpaired) electrons. The van der Waals surface area contributed by atoms with Crippen LogP contribution in [0.4, 0.5) is 0 Å². The van der Waals surface area contributed by atoms with Gasteiger partial charge in [-0.05, 0) is 57.7 Å². The lowest BCUT2D eigenvalue weighted by atomic mass is 9.67. The van der Waals surface area contributed by atoms with E-state index in [0.29, 0.717) is 18.4 Å². The summed E-state index contributed by atoms with van der Waals surface area (Å²) in [5.74, 6) is 0.849. The lowest BCUT2D eigenvalue weighted by molar-refractivity contribution is -0.138. The molecule has 7 heteroatoms. The van der Waals surface area contributed by atoms with Crippen molar-refractivity contribution in [2.75, 3.05) is 40.3 Å². The van der Waals surface area contributed by atoms with Crippen LogP contribution >= 0.6 is 0 Å². The van der Waals surface area contributed by atoms with Crippen molar-refractivity contribution in [1.82, 2.24) is 24.9 Å². The molecule has 184 valence electrons. The first kappa shape index (κ1) is 23.5. The van der Waals surface area contributed by atoms with Gasteiger partial charge in [-0.2, -0.15) is 5.10 Å². The summed E-state index contributed by atoms with van der Waals surface area (Å²) >= 11 is 0. The molecule has 0 unspecified atom stereocenters. The van der Waals surface area contributed by atoms with Crippen LogP contribution in [0, 0.1) is 5.41 Å². The number of carbonyl (C=O) groups excluding carboxylic acids is 1. The molecule has 3 heterocycles. The van der Waals surface area contributed by atoms with Crippen LogP contribution in [0.2, 0.25) is 0 Å². The summed E-state index contributed by atoms with van der Waals surface area (Å²) in [7, 11) is 4.17. The van der Waals surface area contributed by atoms with E-state index >= 15 is 0 Å². The van der Waals surface area contributed by atoms with Gasteiger partial charge >= 0.3 is 0 Å². The molecule has 0 atom stereocenters. The average molecular weight is 466 g/mol. The van der Waals surface area contributed by atoms with E-state index in [9.17, 15) is 4.79 Å². The second-order valence-corrected chi connectivity index (χ2v) is 10.4. The Morgan fingerprint density at radius 3 is 2.74 bits per heavy atom. The van der Waals surface area contributed by atoms with E-state index in [1.54, 1.807) is 0 Å². The monoisotopic (exact) mass is 465 g/mol. The van der Waals surface area contributed by atoms with Crippen molar-refractivity contribution in [3.05, 3.63) is 52.8 Å². The van der Waals surface area contributed by atoms with Crippen LogP contribution in [0.15, 0.2) is 30.3 Å². The summed E-state index contributed by atoms with van der Waals surface area (Å²) < 4.78 is 8.03. The number of aromatic nitrogens is 2. The summed E-state index contributed by atoms with van der Waals surface area (Å²) in [4.78, 5) is 17.9. The minimum atomic E-state index is -0.154. The minimum Gasteiger partial charge on any atom is -0.373 e. The normalized spacial score (nSPS) is 24.9. The van der Waals surface area contributed by atoms with Gasteiger partial charge in [0, 0.05) is 38.3 Å². The predicted octanol–water partition coefficient (Wildman–Crippen LogP) is 3.14. The number of carbonyl (C=O) groups is 1. The molecule has 1 amide bonds. The molecule has 1 aliphatic carbocycles. The minimum absolute atomic E-state index is 0.154. The Morgan fingerprint density at radius 1 is 1.18 bits per heavy atom. The maximum absolute atomic E-state index is 13.5. The van der Waals surface area contributed by atoms with Gasteiger partial charge in [0.15, 0.2) is 0 Å². The molecule has 1 N–H and O–H groups in total. The summed E-state index contributed by atoms with van der Waals surface area (Å²) in [6, 6.07) is 10.4. The van der Waals surface area contributed by atoms with Crippen molar-refractivity contribution < 1.29 is 9.53 Å². The fourth-order valence-electron chi connectivity index (χ4n) is 6.22. The fraction of sp³-hybridized carbons (Fsp3) is 0.630. The number of ether oxygens (including phenoxy) is 1. The van der Waals surface area contributed by atoms with Crippen LogP contribution < -0.4 is 5.32 Å². The van der Waals surface area contributed by atoms with Gasteiger partial charge in [-0.25, -0.2) is 0 Å². The largest absolute Gasteiger partial charge is 0.373 e. The highest BCUT2D eigenvalue weighted by Crippen LogP contribution is 2.50. The number of amides is 1. The van der Waals surface area contributed by atoms with Crippen molar-refractivity contribution in [1.29, 1.82) is 0 Å². The molecule has 1 saturated carbocycles. The van der Waals surface area contributed by atoms with E-state index in [4.69, 9.17) is 9.84 Å². The SMILES string of the molecule is CNCCN(C)Cc1nn2c(c1C1CCC3(CC1)CCN(Cc1ccccc1)C3=O)COCC2. The van der Waals surface area contributed by atoms with Gasteiger partial charge in [0.1, 0.15) is 0 Å². The molecule has 1 aromatic carbocycles. The molecule has 2 fully saturated rings. The highest BCUT2D eigenvalue weighted by Gasteiger charge is 2.49. The number of fused-ring (bicyclic) bond motifs is 1. The molecule has 1 aromatic heterocycles. The molecule has 5 rings (SSSR count).